The molecule has 0 aliphatic rings. The van der Waals surface area contributed by atoms with Crippen molar-refractivity contribution >= 4 is 27.5 Å². The lowest BCUT2D eigenvalue weighted by atomic mass is 10.1. The fraction of sp³-hybridized carbons (Fsp3) is 0.167. The largest absolute Gasteiger partial charge is 0.350 e. The van der Waals surface area contributed by atoms with E-state index in [2.05, 4.69) is 15.4 Å². The van der Waals surface area contributed by atoms with E-state index in [1.165, 1.54) is 24.3 Å². The van der Waals surface area contributed by atoms with E-state index in [1.807, 2.05) is 50.2 Å². The summed E-state index contributed by atoms with van der Waals surface area (Å²) < 4.78 is 27.9. The number of benzene rings is 3. The second-order valence-electron chi connectivity index (χ2n) is 7.32. The maximum atomic E-state index is 12.7. The standard InChI is InChI=1S/C24H25N3O4S/c1-17-7-6-10-22(18(17)2)27-32(30,31)21-13-11-20(12-14-21)24(29)26-16-23(28)25-15-19-8-4-3-5-9-19/h3-14,27H,15-16H2,1-2H3,(H,25,28)(H,26,29). The summed E-state index contributed by atoms with van der Waals surface area (Å²) in [6, 6.07) is 20.4. The van der Waals surface area contributed by atoms with Crippen LogP contribution < -0.4 is 15.4 Å². The van der Waals surface area contributed by atoms with E-state index >= 15 is 0 Å². The van der Waals surface area contributed by atoms with Gasteiger partial charge in [-0.15, -0.1) is 0 Å². The molecule has 0 saturated carbocycles. The van der Waals surface area contributed by atoms with E-state index in [9.17, 15) is 18.0 Å². The molecule has 0 bridgehead atoms. The number of anilines is 1. The first-order valence-corrected chi connectivity index (χ1v) is 11.5. The zero-order valence-corrected chi connectivity index (χ0v) is 18.7. The van der Waals surface area contributed by atoms with Crippen molar-refractivity contribution in [1.29, 1.82) is 0 Å². The number of amides is 2. The van der Waals surface area contributed by atoms with Gasteiger partial charge in [0.2, 0.25) is 5.91 Å². The summed E-state index contributed by atoms with van der Waals surface area (Å²) >= 11 is 0. The van der Waals surface area contributed by atoms with E-state index < -0.39 is 15.9 Å². The minimum absolute atomic E-state index is 0.0376. The molecule has 0 fully saturated rings. The fourth-order valence-electron chi connectivity index (χ4n) is 2.97. The summed E-state index contributed by atoms with van der Waals surface area (Å²) in [4.78, 5) is 24.3. The van der Waals surface area contributed by atoms with Gasteiger partial charge in [-0.1, -0.05) is 42.5 Å². The predicted molar refractivity (Wildman–Crippen MR) is 124 cm³/mol. The van der Waals surface area contributed by atoms with Crippen molar-refractivity contribution in [3.05, 3.63) is 95.1 Å². The van der Waals surface area contributed by atoms with Crippen LogP contribution in [0, 0.1) is 13.8 Å². The smallest absolute Gasteiger partial charge is 0.261 e. The Labute approximate surface area is 187 Å². The molecule has 0 aliphatic carbocycles. The van der Waals surface area contributed by atoms with Gasteiger partial charge in [0.05, 0.1) is 17.1 Å². The molecule has 2 amide bonds. The van der Waals surface area contributed by atoms with Crippen molar-refractivity contribution in [1.82, 2.24) is 10.6 Å². The highest BCUT2D eigenvalue weighted by atomic mass is 32.2. The third-order valence-electron chi connectivity index (χ3n) is 5.02. The van der Waals surface area contributed by atoms with Crippen molar-refractivity contribution in [2.45, 2.75) is 25.3 Å². The fourth-order valence-corrected chi connectivity index (χ4v) is 4.10. The van der Waals surface area contributed by atoms with Crippen molar-refractivity contribution in [2.24, 2.45) is 0 Å². The highest BCUT2D eigenvalue weighted by Gasteiger charge is 2.17. The zero-order valence-electron chi connectivity index (χ0n) is 17.9. The molecule has 0 radical (unpaired) electrons. The zero-order chi connectivity index (χ0) is 23.1. The molecule has 0 aliphatic heterocycles. The highest BCUT2D eigenvalue weighted by Crippen LogP contribution is 2.22. The minimum atomic E-state index is -3.80. The van der Waals surface area contributed by atoms with E-state index in [-0.39, 0.29) is 22.9 Å². The molecule has 3 N–H and O–H groups in total. The first kappa shape index (κ1) is 23.0. The number of sulfonamides is 1. The molecule has 0 heterocycles. The van der Waals surface area contributed by atoms with Crippen molar-refractivity contribution in [3.8, 4) is 0 Å². The lowest BCUT2D eigenvalue weighted by molar-refractivity contribution is -0.120. The van der Waals surface area contributed by atoms with Crippen LogP contribution in [0.5, 0.6) is 0 Å². The summed E-state index contributed by atoms with van der Waals surface area (Å²) in [5.41, 5.74) is 3.54. The molecular formula is C24H25N3O4S. The number of hydrogen-bond acceptors (Lipinski definition) is 4. The monoisotopic (exact) mass is 451 g/mol. The van der Waals surface area contributed by atoms with Crippen molar-refractivity contribution < 1.29 is 18.0 Å². The summed E-state index contributed by atoms with van der Waals surface area (Å²) in [6.45, 7) is 3.94. The Balaban J connectivity index is 1.56. The van der Waals surface area contributed by atoms with Crippen molar-refractivity contribution in [3.63, 3.8) is 0 Å². The molecule has 3 rings (SSSR count). The van der Waals surface area contributed by atoms with E-state index in [4.69, 9.17) is 0 Å². The highest BCUT2D eigenvalue weighted by molar-refractivity contribution is 7.92. The van der Waals surface area contributed by atoms with Gasteiger partial charge < -0.3 is 10.6 Å². The van der Waals surface area contributed by atoms with E-state index in [0.29, 0.717) is 12.2 Å². The maximum absolute atomic E-state index is 12.7. The van der Waals surface area contributed by atoms with Crippen LogP contribution in [0.1, 0.15) is 27.0 Å². The molecule has 166 valence electrons. The van der Waals surface area contributed by atoms with Crippen LogP contribution in [0.25, 0.3) is 0 Å². The Morgan fingerprint density at radius 3 is 2.19 bits per heavy atom. The van der Waals surface area contributed by atoms with Gasteiger partial charge in [0, 0.05) is 12.1 Å². The lowest BCUT2D eigenvalue weighted by Crippen LogP contribution is -2.36. The predicted octanol–water partition coefficient (Wildman–Crippen LogP) is 3.15. The average Bonchev–Trinajstić information content (AvgIpc) is 2.80. The van der Waals surface area contributed by atoms with E-state index in [1.54, 1.807) is 12.1 Å². The van der Waals surface area contributed by atoms with Gasteiger partial charge in [-0.3, -0.25) is 14.3 Å². The number of carbonyl (C=O) groups excluding carboxylic acids is 2. The van der Waals surface area contributed by atoms with Crippen LogP contribution in [0.2, 0.25) is 0 Å². The van der Waals surface area contributed by atoms with Crippen LogP contribution in [0.15, 0.2) is 77.7 Å². The van der Waals surface area contributed by atoms with Crippen LogP contribution in [0.4, 0.5) is 5.69 Å². The normalized spacial score (nSPS) is 10.9. The van der Waals surface area contributed by atoms with Crippen molar-refractivity contribution in [2.75, 3.05) is 11.3 Å². The summed E-state index contributed by atoms with van der Waals surface area (Å²) in [5, 5.41) is 5.26. The third kappa shape index (κ3) is 5.95. The molecular weight excluding hydrogens is 426 g/mol. The third-order valence-corrected chi connectivity index (χ3v) is 6.40. The molecule has 3 aromatic rings. The van der Waals surface area contributed by atoms with Crippen LogP contribution in [-0.2, 0) is 21.4 Å². The van der Waals surface area contributed by atoms with Gasteiger partial charge in [-0.25, -0.2) is 8.42 Å². The van der Waals surface area contributed by atoms with Gasteiger partial charge in [-0.2, -0.15) is 0 Å². The second-order valence-corrected chi connectivity index (χ2v) is 9.00. The Morgan fingerprint density at radius 1 is 0.812 bits per heavy atom. The van der Waals surface area contributed by atoms with E-state index in [0.717, 1.165) is 16.7 Å². The van der Waals surface area contributed by atoms with Gasteiger partial charge in [0.1, 0.15) is 0 Å². The Kier molecular flexibility index (Phi) is 7.27. The number of nitrogens with one attached hydrogen (secondary N) is 3. The van der Waals surface area contributed by atoms with Crippen LogP contribution >= 0.6 is 0 Å². The maximum Gasteiger partial charge on any atom is 0.261 e. The summed E-state index contributed by atoms with van der Waals surface area (Å²) in [5.74, 6) is -0.787. The molecule has 32 heavy (non-hydrogen) atoms. The SMILES string of the molecule is Cc1cccc(NS(=O)(=O)c2ccc(C(=O)NCC(=O)NCc3ccccc3)cc2)c1C. The molecule has 8 heteroatoms. The molecule has 0 unspecified atom stereocenters. The quantitative estimate of drug-likeness (QED) is 0.489. The van der Waals surface area contributed by atoms with Crippen LogP contribution in [-0.4, -0.2) is 26.8 Å². The first-order chi connectivity index (χ1) is 15.3. The lowest BCUT2D eigenvalue weighted by Gasteiger charge is -2.12. The molecule has 0 saturated heterocycles. The number of carbonyl (C=O) groups is 2. The number of hydrogen-bond donors (Lipinski definition) is 3. The number of aryl methyl sites for hydroxylation is 1. The average molecular weight is 452 g/mol. The topological polar surface area (TPSA) is 104 Å². The van der Waals surface area contributed by atoms with Gasteiger partial charge in [0.15, 0.2) is 0 Å². The molecule has 0 spiro atoms. The van der Waals surface area contributed by atoms with Crippen LogP contribution in [0.3, 0.4) is 0 Å². The summed E-state index contributed by atoms with van der Waals surface area (Å²) in [6.07, 6.45) is 0. The second kappa shape index (κ2) is 10.1. The Morgan fingerprint density at radius 2 is 1.50 bits per heavy atom. The Bertz CT molecular complexity index is 1210. The summed E-state index contributed by atoms with van der Waals surface area (Å²) in [7, 11) is -3.80. The first-order valence-electron chi connectivity index (χ1n) is 10.0. The molecule has 0 atom stereocenters. The van der Waals surface area contributed by atoms with Gasteiger partial charge >= 0.3 is 0 Å². The van der Waals surface area contributed by atoms with Gasteiger partial charge in [0.25, 0.3) is 15.9 Å². The Hall–Kier alpha value is -3.65. The molecule has 7 nitrogen and oxygen atoms in total. The molecule has 0 aromatic heterocycles. The number of rotatable bonds is 8. The molecule has 3 aromatic carbocycles. The van der Waals surface area contributed by atoms with Gasteiger partial charge in [-0.05, 0) is 60.9 Å². The minimum Gasteiger partial charge on any atom is -0.350 e.